The number of aromatic nitrogens is 1. The Hall–Kier alpha value is -1.40. The average Bonchev–Trinajstić information content (AvgIpc) is 2.29. The van der Waals surface area contributed by atoms with Crippen molar-refractivity contribution in [3.05, 3.63) is 30.1 Å². The highest BCUT2D eigenvalue weighted by Gasteiger charge is 1.93. The first-order chi connectivity index (χ1) is 7.43. The third-order valence-electron chi connectivity index (χ3n) is 2.06. The summed E-state index contributed by atoms with van der Waals surface area (Å²) >= 11 is 0. The SMILES string of the molecule is N#CCCCCOCCc1ccccn1. The second-order valence-electron chi connectivity index (χ2n) is 3.30. The van der Waals surface area contributed by atoms with Crippen molar-refractivity contribution in [3.63, 3.8) is 0 Å². The van der Waals surface area contributed by atoms with Gasteiger partial charge in [-0.2, -0.15) is 5.26 Å². The van der Waals surface area contributed by atoms with Gasteiger partial charge in [0.25, 0.3) is 0 Å². The first-order valence-electron chi connectivity index (χ1n) is 5.28. The highest BCUT2D eigenvalue weighted by atomic mass is 16.5. The van der Waals surface area contributed by atoms with E-state index >= 15 is 0 Å². The van der Waals surface area contributed by atoms with Gasteiger partial charge in [0.1, 0.15) is 0 Å². The minimum absolute atomic E-state index is 0.629. The molecule has 1 aromatic heterocycles. The predicted molar refractivity (Wildman–Crippen MR) is 58.2 cm³/mol. The van der Waals surface area contributed by atoms with E-state index in [1.54, 1.807) is 6.20 Å². The Labute approximate surface area is 90.7 Å². The van der Waals surface area contributed by atoms with Crippen molar-refractivity contribution >= 4 is 0 Å². The van der Waals surface area contributed by atoms with Crippen LogP contribution in [-0.2, 0) is 11.2 Å². The van der Waals surface area contributed by atoms with Crippen molar-refractivity contribution in [3.8, 4) is 6.07 Å². The van der Waals surface area contributed by atoms with E-state index in [1.807, 2.05) is 18.2 Å². The molecule has 0 spiro atoms. The highest BCUT2D eigenvalue weighted by molar-refractivity contribution is 5.03. The van der Waals surface area contributed by atoms with Crippen LogP contribution in [0.2, 0.25) is 0 Å². The Morgan fingerprint density at radius 3 is 2.93 bits per heavy atom. The summed E-state index contributed by atoms with van der Waals surface area (Å²) in [4.78, 5) is 4.20. The van der Waals surface area contributed by atoms with Crippen LogP contribution in [0.5, 0.6) is 0 Å². The van der Waals surface area contributed by atoms with Crippen molar-refractivity contribution in [1.82, 2.24) is 4.98 Å². The van der Waals surface area contributed by atoms with Crippen molar-refractivity contribution in [2.24, 2.45) is 0 Å². The number of hydrogen-bond acceptors (Lipinski definition) is 3. The topological polar surface area (TPSA) is 45.9 Å². The van der Waals surface area contributed by atoms with E-state index in [2.05, 4.69) is 11.1 Å². The Balaban J connectivity index is 1.96. The van der Waals surface area contributed by atoms with Crippen LogP contribution in [0.25, 0.3) is 0 Å². The largest absolute Gasteiger partial charge is 0.381 e. The molecular formula is C12H16N2O. The van der Waals surface area contributed by atoms with Gasteiger partial charge in [-0.1, -0.05) is 6.07 Å². The fourth-order valence-corrected chi connectivity index (χ4v) is 1.23. The monoisotopic (exact) mass is 204 g/mol. The molecule has 1 heterocycles. The summed E-state index contributed by atoms with van der Waals surface area (Å²) in [5, 5.41) is 8.32. The molecule has 80 valence electrons. The van der Waals surface area contributed by atoms with Crippen LogP contribution in [-0.4, -0.2) is 18.2 Å². The molecule has 0 N–H and O–H groups in total. The number of nitrogens with zero attached hydrogens (tertiary/aromatic N) is 2. The third kappa shape index (κ3) is 5.82. The molecule has 1 aromatic rings. The predicted octanol–water partition coefficient (Wildman–Crippen LogP) is 2.33. The average molecular weight is 204 g/mol. The number of ether oxygens (including phenoxy) is 1. The van der Waals surface area contributed by atoms with E-state index in [4.69, 9.17) is 10.00 Å². The maximum Gasteiger partial charge on any atom is 0.0621 e. The molecule has 0 radical (unpaired) electrons. The number of hydrogen-bond donors (Lipinski definition) is 0. The molecule has 0 amide bonds. The van der Waals surface area contributed by atoms with E-state index in [0.717, 1.165) is 31.6 Å². The molecule has 0 aromatic carbocycles. The summed E-state index contributed by atoms with van der Waals surface area (Å²) in [6, 6.07) is 8.01. The Bertz CT molecular complexity index is 292. The van der Waals surface area contributed by atoms with Gasteiger partial charge in [-0.15, -0.1) is 0 Å². The van der Waals surface area contributed by atoms with Gasteiger partial charge in [0.2, 0.25) is 0 Å². The van der Waals surface area contributed by atoms with Crippen LogP contribution in [0.4, 0.5) is 0 Å². The van der Waals surface area contributed by atoms with Crippen LogP contribution in [0.1, 0.15) is 25.0 Å². The molecule has 0 saturated carbocycles. The standard InChI is InChI=1S/C12H16N2O/c13-8-3-1-5-10-15-11-7-12-6-2-4-9-14-12/h2,4,6,9H,1,3,5,7,10-11H2. The maximum absolute atomic E-state index is 8.32. The number of unbranched alkanes of at least 4 members (excludes halogenated alkanes) is 2. The van der Waals surface area contributed by atoms with Gasteiger partial charge >= 0.3 is 0 Å². The molecule has 0 unspecified atom stereocenters. The number of nitriles is 1. The second-order valence-corrected chi connectivity index (χ2v) is 3.30. The van der Waals surface area contributed by atoms with E-state index < -0.39 is 0 Å². The Kier molecular flexibility index (Phi) is 6.19. The maximum atomic E-state index is 8.32. The summed E-state index contributed by atoms with van der Waals surface area (Å²) in [6.07, 6.45) is 5.18. The summed E-state index contributed by atoms with van der Waals surface area (Å²) < 4.78 is 5.43. The fourth-order valence-electron chi connectivity index (χ4n) is 1.23. The highest BCUT2D eigenvalue weighted by Crippen LogP contribution is 1.97. The molecule has 1 rings (SSSR count). The normalized spacial score (nSPS) is 9.80. The van der Waals surface area contributed by atoms with Gasteiger partial charge in [0.15, 0.2) is 0 Å². The van der Waals surface area contributed by atoms with E-state index in [0.29, 0.717) is 13.0 Å². The molecule has 0 fully saturated rings. The van der Waals surface area contributed by atoms with Gasteiger partial charge in [-0.3, -0.25) is 4.98 Å². The van der Waals surface area contributed by atoms with Gasteiger partial charge < -0.3 is 4.74 Å². The minimum Gasteiger partial charge on any atom is -0.381 e. The van der Waals surface area contributed by atoms with Crippen LogP contribution in [0.3, 0.4) is 0 Å². The molecule has 3 heteroatoms. The van der Waals surface area contributed by atoms with E-state index in [1.165, 1.54) is 0 Å². The van der Waals surface area contributed by atoms with Gasteiger partial charge in [-0.05, 0) is 25.0 Å². The molecule has 15 heavy (non-hydrogen) atoms. The van der Waals surface area contributed by atoms with E-state index in [9.17, 15) is 0 Å². The minimum atomic E-state index is 0.629. The summed E-state index contributed by atoms with van der Waals surface area (Å²) in [7, 11) is 0. The fraction of sp³-hybridized carbons (Fsp3) is 0.500. The van der Waals surface area contributed by atoms with E-state index in [-0.39, 0.29) is 0 Å². The summed E-state index contributed by atoms with van der Waals surface area (Å²) in [5.74, 6) is 0. The summed E-state index contributed by atoms with van der Waals surface area (Å²) in [5.41, 5.74) is 1.06. The van der Waals surface area contributed by atoms with Gasteiger partial charge in [0.05, 0.1) is 12.7 Å². The molecular weight excluding hydrogens is 188 g/mol. The molecule has 0 saturated heterocycles. The first kappa shape index (κ1) is 11.7. The van der Waals surface area contributed by atoms with Crippen molar-refractivity contribution in [1.29, 1.82) is 5.26 Å². The lowest BCUT2D eigenvalue weighted by Gasteiger charge is -2.02. The van der Waals surface area contributed by atoms with Crippen LogP contribution < -0.4 is 0 Å². The van der Waals surface area contributed by atoms with Crippen molar-refractivity contribution in [2.75, 3.05) is 13.2 Å². The molecule has 0 atom stereocenters. The van der Waals surface area contributed by atoms with Crippen LogP contribution in [0, 0.1) is 11.3 Å². The van der Waals surface area contributed by atoms with Crippen molar-refractivity contribution in [2.45, 2.75) is 25.7 Å². The molecule has 0 aliphatic rings. The first-order valence-corrected chi connectivity index (χ1v) is 5.28. The lowest BCUT2D eigenvalue weighted by atomic mass is 10.2. The van der Waals surface area contributed by atoms with Gasteiger partial charge in [0, 0.05) is 31.3 Å². The zero-order valence-electron chi connectivity index (χ0n) is 8.85. The molecule has 0 aliphatic heterocycles. The quantitative estimate of drug-likeness (QED) is 0.640. The number of pyridine rings is 1. The molecule has 0 aliphatic carbocycles. The Morgan fingerprint density at radius 1 is 1.27 bits per heavy atom. The lowest BCUT2D eigenvalue weighted by molar-refractivity contribution is 0.133. The van der Waals surface area contributed by atoms with Crippen LogP contribution in [0.15, 0.2) is 24.4 Å². The third-order valence-corrected chi connectivity index (χ3v) is 2.06. The summed E-state index contributed by atoms with van der Waals surface area (Å²) in [6.45, 7) is 1.46. The van der Waals surface area contributed by atoms with Crippen molar-refractivity contribution < 1.29 is 4.74 Å². The zero-order valence-corrected chi connectivity index (χ0v) is 8.85. The lowest BCUT2D eigenvalue weighted by Crippen LogP contribution is -2.01. The van der Waals surface area contributed by atoms with Crippen LogP contribution >= 0.6 is 0 Å². The number of rotatable bonds is 7. The molecule has 3 nitrogen and oxygen atoms in total. The zero-order chi connectivity index (χ0) is 10.8. The second kappa shape index (κ2) is 7.95. The van der Waals surface area contributed by atoms with Gasteiger partial charge in [-0.25, -0.2) is 0 Å². The smallest absolute Gasteiger partial charge is 0.0621 e. The molecule has 0 bridgehead atoms. The Morgan fingerprint density at radius 2 is 2.20 bits per heavy atom.